The first-order chi connectivity index (χ1) is 4.67. The summed E-state index contributed by atoms with van der Waals surface area (Å²) in [6.45, 7) is 4.00. The minimum atomic E-state index is -0.146. The lowest BCUT2D eigenvalue weighted by Crippen LogP contribution is -2.22. The number of hydrogen-bond donors (Lipinski definition) is 0. The van der Waals surface area contributed by atoms with Crippen molar-refractivity contribution in [2.75, 3.05) is 0 Å². The molecule has 1 aliphatic carbocycles. The quantitative estimate of drug-likeness (QED) is 0.422. The Hall–Kier alpha value is -0.590. The van der Waals surface area contributed by atoms with Crippen molar-refractivity contribution in [1.82, 2.24) is 0 Å². The van der Waals surface area contributed by atoms with Crippen molar-refractivity contribution in [3.05, 3.63) is 12.2 Å². The van der Waals surface area contributed by atoms with Crippen molar-refractivity contribution in [2.45, 2.75) is 26.7 Å². The van der Waals surface area contributed by atoms with Crippen LogP contribution < -0.4 is 0 Å². The zero-order valence-corrected chi connectivity index (χ0v) is 6.63. The summed E-state index contributed by atoms with van der Waals surface area (Å²) in [7, 11) is 0. The van der Waals surface area contributed by atoms with Crippen molar-refractivity contribution in [2.24, 2.45) is 11.3 Å². The lowest BCUT2D eigenvalue weighted by atomic mass is 9.80. The highest BCUT2D eigenvalue weighted by atomic mass is 16.1. The number of carbonyl (C=O) groups is 1. The number of allylic oxidation sites excluding steroid dienone is 2. The fraction of sp³-hybridized carbons (Fsp3) is 0.667. The van der Waals surface area contributed by atoms with Crippen LogP contribution in [0.3, 0.4) is 0 Å². The zero-order valence-electron chi connectivity index (χ0n) is 6.63. The second-order valence-corrected chi connectivity index (χ2v) is 3.55. The van der Waals surface area contributed by atoms with Gasteiger partial charge in [-0.25, -0.2) is 0 Å². The minimum Gasteiger partial charge on any atom is -0.303 e. The van der Waals surface area contributed by atoms with Gasteiger partial charge in [-0.1, -0.05) is 26.0 Å². The normalized spacial score (nSPS) is 25.2. The van der Waals surface area contributed by atoms with E-state index in [-0.39, 0.29) is 5.41 Å². The molecule has 1 atom stereocenters. The van der Waals surface area contributed by atoms with Crippen molar-refractivity contribution < 1.29 is 4.79 Å². The van der Waals surface area contributed by atoms with Gasteiger partial charge in [-0.05, 0) is 18.8 Å². The van der Waals surface area contributed by atoms with Crippen LogP contribution in [-0.4, -0.2) is 6.29 Å². The summed E-state index contributed by atoms with van der Waals surface area (Å²) in [6.07, 6.45) is 7.67. The van der Waals surface area contributed by atoms with E-state index in [9.17, 15) is 4.79 Å². The summed E-state index contributed by atoms with van der Waals surface area (Å²) in [5.41, 5.74) is -0.146. The summed E-state index contributed by atoms with van der Waals surface area (Å²) < 4.78 is 0. The summed E-state index contributed by atoms with van der Waals surface area (Å²) >= 11 is 0. The maximum atomic E-state index is 10.6. The van der Waals surface area contributed by atoms with E-state index in [1.54, 1.807) is 0 Å². The van der Waals surface area contributed by atoms with Crippen LogP contribution in [0.4, 0.5) is 0 Å². The molecular formula is C9H14O. The van der Waals surface area contributed by atoms with Crippen LogP contribution in [-0.2, 0) is 4.79 Å². The Labute approximate surface area is 62.1 Å². The molecule has 1 aliphatic rings. The van der Waals surface area contributed by atoms with Gasteiger partial charge >= 0.3 is 0 Å². The monoisotopic (exact) mass is 138 g/mol. The van der Waals surface area contributed by atoms with E-state index in [0.29, 0.717) is 5.92 Å². The molecule has 0 fully saturated rings. The third kappa shape index (κ3) is 1.28. The number of aldehydes is 1. The second-order valence-electron chi connectivity index (χ2n) is 3.55. The molecule has 0 saturated carbocycles. The highest BCUT2D eigenvalue weighted by molar-refractivity contribution is 5.59. The fourth-order valence-electron chi connectivity index (χ4n) is 1.34. The first-order valence-electron chi connectivity index (χ1n) is 3.80. The van der Waals surface area contributed by atoms with Crippen molar-refractivity contribution in [1.29, 1.82) is 0 Å². The van der Waals surface area contributed by atoms with Gasteiger partial charge in [0.15, 0.2) is 0 Å². The molecule has 0 bridgehead atoms. The van der Waals surface area contributed by atoms with Gasteiger partial charge in [0.05, 0.1) is 0 Å². The largest absolute Gasteiger partial charge is 0.303 e. The molecule has 0 spiro atoms. The Balaban J connectivity index is 2.62. The summed E-state index contributed by atoms with van der Waals surface area (Å²) in [5, 5.41) is 0. The number of rotatable bonds is 2. The van der Waals surface area contributed by atoms with Gasteiger partial charge in [0.2, 0.25) is 0 Å². The van der Waals surface area contributed by atoms with Crippen LogP contribution in [0.25, 0.3) is 0 Å². The third-order valence-electron chi connectivity index (χ3n) is 2.27. The molecule has 0 aromatic carbocycles. The summed E-state index contributed by atoms with van der Waals surface area (Å²) in [5.74, 6) is 0.477. The van der Waals surface area contributed by atoms with E-state index in [1.165, 1.54) is 0 Å². The molecule has 0 N–H and O–H groups in total. The maximum Gasteiger partial charge on any atom is 0.126 e. The molecule has 0 aromatic rings. The molecule has 0 aromatic heterocycles. The number of carbonyl (C=O) groups excluding carboxylic acids is 1. The molecule has 0 saturated heterocycles. The summed E-state index contributed by atoms with van der Waals surface area (Å²) in [4.78, 5) is 10.6. The van der Waals surface area contributed by atoms with E-state index < -0.39 is 0 Å². The Morgan fingerprint density at radius 1 is 1.60 bits per heavy atom. The molecule has 0 aliphatic heterocycles. The third-order valence-corrected chi connectivity index (χ3v) is 2.27. The molecule has 0 radical (unpaired) electrons. The standard InChI is InChI=1S/C9H14O/c1-9(2,7-10)8-5-3-4-6-8/h3,5,7-8H,4,6H2,1-2H3. The molecule has 1 rings (SSSR count). The minimum absolute atomic E-state index is 0.146. The van der Waals surface area contributed by atoms with Crippen LogP contribution in [0.15, 0.2) is 12.2 Å². The summed E-state index contributed by atoms with van der Waals surface area (Å²) in [6, 6.07) is 0. The average molecular weight is 138 g/mol. The van der Waals surface area contributed by atoms with Crippen molar-refractivity contribution in [3.63, 3.8) is 0 Å². The molecule has 10 heavy (non-hydrogen) atoms. The first kappa shape index (κ1) is 7.52. The SMILES string of the molecule is CC(C)(C=O)C1C=CCC1. The lowest BCUT2D eigenvalue weighted by Gasteiger charge is -2.23. The zero-order chi connectivity index (χ0) is 7.61. The van der Waals surface area contributed by atoms with Crippen molar-refractivity contribution in [3.8, 4) is 0 Å². The van der Waals surface area contributed by atoms with E-state index in [1.807, 2.05) is 13.8 Å². The van der Waals surface area contributed by atoms with E-state index >= 15 is 0 Å². The second kappa shape index (κ2) is 2.57. The Bertz CT molecular complexity index is 156. The smallest absolute Gasteiger partial charge is 0.126 e. The lowest BCUT2D eigenvalue weighted by molar-refractivity contribution is -0.116. The topological polar surface area (TPSA) is 17.1 Å². The van der Waals surface area contributed by atoms with E-state index in [2.05, 4.69) is 12.2 Å². The van der Waals surface area contributed by atoms with Gasteiger partial charge in [-0.15, -0.1) is 0 Å². The predicted molar refractivity (Wildman–Crippen MR) is 41.7 cm³/mol. The van der Waals surface area contributed by atoms with Crippen LogP contribution >= 0.6 is 0 Å². The molecular weight excluding hydrogens is 124 g/mol. The van der Waals surface area contributed by atoms with Crippen LogP contribution in [0.2, 0.25) is 0 Å². The van der Waals surface area contributed by atoms with Crippen LogP contribution in [0, 0.1) is 11.3 Å². The van der Waals surface area contributed by atoms with Gasteiger partial charge in [-0.3, -0.25) is 0 Å². The average Bonchev–Trinajstić information content (AvgIpc) is 2.38. The molecule has 0 amide bonds. The van der Waals surface area contributed by atoms with Crippen LogP contribution in [0.5, 0.6) is 0 Å². The Morgan fingerprint density at radius 2 is 2.30 bits per heavy atom. The molecule has 1 unspecified atom stereocenters. The highest BCUT2D eigenvalue weighted by Gasteiger charge is 2.28. The fourth-order valence-corrected chi connectivity index (χ4v) is 1.34. The highest BCUT2D eigenvalue weighted by Crippen LogP contribution is 2.33. The van der Waals surface area contributed by atoms with Gasteiger partial charge < -0.3 is 4.79 Å². The van der Waals surface area contributed by atoms with Crippen LogP contribution in [0.1, 0.15) is 26.7 Å². The molecule has 0 heterocycles. The van der Waals surface area contributed by atoms with E-state index in [4.69, 9.17) is 0 Å². The number of hydrogen-bond acceptors (Lipinski definition) is 1. The van der Waals surface area contributed by atoms with Gasteiger partial charge in [0.25, 0.3) is 0 Å². The first-order valence-corrected chi connectivity index (χ1v) is 3.80. The Morgan fingerprint density at radius 3 is 2.70 bits per heavy atom. The van der Waals surface area contributed by atoms with Gasteiger partial charge in [0, 0.05) is 5.41 Å². The predicted octanol–water partition coefficient (Wildman–Crippen LogP) is 2.18. The molecule has 1 heteroatoms. The van der Waals surface area contributed by atoms with E-state index in [0.717, 1.165) is 19.1 Å². The molecule has 56 valence electrons. The van der Waals surface area contributed by atoms with Gasteiger partial charge in [0.1, 0.15) is 6.29 Å². The van der Waals surface area contributed by atoms with Gasteiger partial charge in [-0.2, -0.15) is 0 Å². The van der Waals surface area contributed by atoms with Crippen molar-refractivity contribution >= 4 is 6.29 Å². The maximum absolute atomic E-state index is 10.6. The molecule has 1 nitrogen and oxygen atoms in total. The Kier molecular flexibility index (Phi) is 1.93.